The quantitative estimate of drug-likeness (QED) is 0.909. The number of nitrogens with zero attached hydrogens (tertiary/aromatic N) is 2. The highest BCUT2D eigenvalue weighted by Gasteiger charge is 2.21. The Bertz CT molecular complexity index is 788. The number of carbonyl (C=O) groups is 2. The highest BCUT2D eigenvalue weighted by Crippen LogP contribution is 2.15. The van der Waals surface area contributed by atoms with E-state index in [1.165, 1.54) is 29.3 Å². The maximum atomic E-state index is 12.8. The Morgan fingerprint density at radius 1 is 1.04 bits per heavy atom. The van der Waals surface area contributed by atoms with Crippen molar-refractivity contribution in [1.29, 1.82) is 0 Å². The van der Waals surface area contributed by atoms with Crippen LogP contribution in [0.4, 0.5) is 10.1 Å². The Hall–Kier alpha value is -3.02. The minimum atomic E-state index is -0.366. The summed E-state index contributed by atoms with van der Waals surface area (Å²) in [5, 5.41) is 8.42. The fraction of sp³-hybridized carbons (Fsp3) is 0.211. The Morgan fingerprint density at radius 2 is 1.76 bits per heavy atom. The average Bonchev–Trinajstić information content (AvgIpc) is 3.13. The summed E-state index contributed by atoms with van der Waals surface area (Å²) in [6.45, 7) is 0.530. The van der Waals surface area contributed by atoms with E-state index in [0.717, 1.165) is 11.3 Å². The van der Waals surface area contributed by atoms with Crippen molar-refractivity contribution in [1.82, 2.24) is 5.01 Å². The van der Waals surface area contributed by atoms with Gasteiger partial charge in [-0.3, -0.25) is 9.59 Å². The van der Waals surface area contributed by atoms with Gasteiger partial charge in [-0.15, -0.1) is 0 Å². The molecular formula is C19H18FN3O2. The van der Waals surface area contributed by atoms with Crippen LogP contribution in [0.3, 0.4) is 0 Å². The first-order valence-electron chi connectivity index (χ1n) is 8.10. The van der Waals surface area contributed by atoms with Gasteiger partial charge in [-0.05, 0) is 29.8 Å². The van der Waals surface area contributed by atoms with E-state index in [1.807, 2.05) is 30.3 Å². The molecule has 128 valence electrons. The number of hydrazone groups is 1. The first-order valence-corrected chi connectivity index (χ1v) is 8.10. The van der Waals surface area contributed by atoms with Crippen LogP contribution in [0, 0.1) is 5.82 Å². The van der Waals surface area contributed by atoms with Crippen LogP contribution in [0.5, 0.6) is 0 Å². The standard InChI is InChI=1S/C19H18FN3O2/c20-15-6-8-16(9-7-15)21-18(24)10-11-19(25)23-13-12-17(22-23)14-4-2-1-3-5-14/h1-9H,10-13H2,(H,21,24). The molecule has 1 N–H and O–H groups in total. The zero-order chi connectivity index (χ0) is 17.6. The molecule has 0 saturated carbocycles. The Kier molecular flexibility index (Phi) is 5.18. The van der Waals surface area contributed by atoms with E-state index in [-0.39, 0.29) is 30.5 Å². The Morgan fingerprint density at radius 3 is 2.48 bits per heavy atom. The van der Waals surface area contributed by atoms with Crippen LogP contribution in [0.15, 0.2) is 59.7 Å². The number of nitrogens with one attached hydrogen (secondary N) is 1. The van der Waals surface area contributed by atoms with Crippen LogP contribution in [0.2, 0.25) is 0 Å². The van der Waals surface area contributed by atoms with E-state index in [9.17, 15) is 14.0 Å². The number of carbonyl (C=O) groups excluding carboxylic acids is 2. The molecule has 1 aliphatic rings. The molecule has 0 atom stereocenters. The molecule has 0 radical (unpaired) electrons. The molecule has 0 fully saturated rings. The summed E-state index contributed by atoms with van der Waals surface area (Å²) in [5.74, 6) is -0.833. The second kappa shape index (κ2) is 7.70. The molecule has 3 rings (SSSR count). The van der Waals surface area contributed by atoms with Crippen molar-refractivity contribution in [2.24, 2.45) is 5.10 Å². The lowest BCUT2D eigenvalue weighted by molar-refractivity contribution is -0.132. The van der Waals surface area contributed by atoms with Crippen LogP contribution in [-0.2, 0) is 9.59 Å². The minimum absolute atomic E-state index is 0.0584. The normalized spacial score (nSPS) is 13.5. The molecule has 0 saturated heterocycles. The smallest absolute Gasteiger partial charge is 0.243 e. The lowest BCUT2D eigenvalue weighted by atomic mass is 10.1. The van der Waals surface area contributed by atoms with Crippen molar-refractivity contribution in [3.8, 4) is 0 Å². The van der Waals surface area contributed by atoms with Crippen LogP contribution in [0.25, 0.3) is 0 Å². The summed E-state index contributed by atoms with van der Waals surface area (Å²) < 4.78 is 12.8. The van der Waals surface area contributed by atoms with Crippen molar-refractivity contribution in [3.05, 3.63) is 66.0 Å². The van der Waals surface area contributed by atoms with Gasteiger partial charge in [0.25, 0.3) is 0 Å². The zero-order valence-electron chi connectivity index (χ0n) is 13.6. The predicted molar refractivity (Wildman–Crippen MR) is 93.6 cm³/mol. The third-order valence-corrected chi connectivity index (χ3v) is 3.89. The van der Waals surface area contributed by atoms with Crippen LogP contribution in [0.1, 0.15) is 24.8 Å². The van der Waals surface area contributed by atoms with Crippen molar-refractivity contribution in [3.63, 3.8) is 0 Å². The molecular weight excluding hydrogens is 321 g/mol. The van der Waals surface area contributed by atoms with E-state index in [4.69, 9.17) is 0 Å². The molecule has 2 amide bonds. The van der Waals surface area contributed by atoms with Gasteiger partial charge in [-0.2, -0.15) is 5.10 Å². The van der Waals surface area contributed by atoms with Gasteiger partial charge in [0, 0.05) is 24.9 Å². The molecule has 0 aromatic heterocycles. The van der Waals surface area contributed by atoms with Crippen molar-refractivity contribution in [2.45, 2.75) is 19.3 Å². The van der Waals surface area contributed by atoms with E-state index in [0.29, 0.717) is 18.7 Å². The van der Waals surface area contributed by atoms with Crippen LogP contribution >= 0.6 is 0 Å². The van der Waals surface area contributed by atoms with Crippen LogP contribution < -0.4 is 5.32 Å². The molecule has 1 aliphatic heterocycles. The third-order valence-electron chi connectivity index (χ3n) is 3.89. The number of rotatable bonds is 5. The number of anilines is 1. The number of halogens is 1. The highest BCUT2D eigenvalue weighted by molar-refractivity contribution is 6.02. The van der Waals surface area contributed by atoms with E-state index < -0.39 is 0 Å². The Balaban J connectivity index is 1.50. The molecule has 0 unspecified atom stereocenters. The van der Waals surface area contributed by atoms with Gasteiger partial charge < -0.3 is 5.32 Å². The molecule has 6 heteroatoms. The lowest BCUT2D eigenvalue weighted by Gasteiger charge is -2.11. The molecule has 1 heterocycles. The third kappa shape index (κ3) is 4.50. The second-order valence-electron chi connectivity index (χ2n) is 5.73. The predicted octanol–water partition coefficient (Wildman–Crippen LogP) is 3.18. The average molecular weight is 339 g/mol. The second-order valence-corrected chi connectivity index (χ2v) is 5.73. The molecule has 5 nitrogen and oxygen atoms in total. The summed E-state index contributed by atoms with van der Waals surface area (Å²) in [4.78, 5) is 24.1. The van der Waals surface area contributed by atoms with Gasteiger partial charge in [-0.1, -0.05) is 30.3 Å². The monoisotopic (exact) mass is 339 g/mol. The summed E-state index contributed by atoms with van der Waals surface area (Å²) in [6.07, 6.45) is 0.846. The van der Waals surface area contributed by atoms with Gasteiger partial charge in [0.15, 0.2) is 0 Å². The number of benzene rings is 2. The summed E-state index contributed by atoms with van der Waals surface area (Å²) in [6, 6.07) is 15.2. The van der Waals surface area contributed by atoms with Gasteiger partial charge in [-0.25, -0.2) is 9.40 Å². The molecule has 25 heavy (non-hydrogen) atoms. The number of hydrogen-bond donors (Lipinski definition) is 1. The number of amides is 2. The molecule has 2 aromatic carbocycles. The zero-order valence-corrected chi connectivity index (χ0v) is 13.6. The fourth-order valence-electron chi connectivity index (χ4n) is 2.58. The summed E-state index contributed by atoms with van der Waals surface area (Å²) in [7, 11) is 0. The SMILES string of the molecule is O=C(CCC(=O)N1CCC(c2ccccc2)=N1)Nc1ccc(F)cc1. The molecule has 0 bridgehead atoms. The Labute approximate surface area is 145 Å². The van der Waals surface area contributed by atoms with Gasteiger partial charge in [0.2, 0.25) is 11.8 Å². The van der Waals surface area contributed by atoms with Crippen molar-refractivity contribution < 1.29 is 14.0 Å². The first kappa shape index (κ1) is 16.8. The maximum absolute atomic E-state index is 12.8. The van der Waals surface area contributed by atoms with E-state index in [1.54, 1.807) is 0 Å². The van der Waals surface area contributed by atoms with Crippen LogP contribution in [-0.4, -0.2) is 29.1 Å². The molecule has 0 aliphatic carbocycles. The minimum Gasteiger partial charge on any atom is -0.326 e. The largest absolute Gasteiger partial charge is 0.326 e. The fourth-order valence-corrected chi connectivity index (χ4v) is 2.58. The molecule has 2 aromatic rings. The first-order chi connectivity index (χ1) is 12.1. The lowest BCUT2D eigenvalue weighted by Crippen LogP contribution is -2.24. The number of hydrogen-bond acceptors (Lipinski definition) is 3. The van der Waals surface area contributed by atoms with Gasteiger partial charge in [0.05, 0.1) is 12.3 Å². The molecule has 0 spiro atoms. The van der Waals surface area contributed by atoms with Crippen molar-refractivity contribution >= 4 is 23.2 Å². The van der Waals surface area contributed by atoms with Gasteiger partial charge in [0.1, 0.15) is 5.82 Å². The van der Waals surface area contributed by atoms with E-state index >= 15 is 0 Å². The van der Waals surface area contributed by atoms with Crippen molar-refractivity contribution in [2.75, 3.05) is 11.9 Å². The highest BCUT2D eigenvalue weighted by atomic mass is 19.1. The summed E-state index contributed by atoms with van der Waals surface area (Å²) in [5.41, 5.74) is 2.39. The topological polar surface area (TPSA) is 61.8 Å². The maximum Gasteiger partial charge on any atom is 0.243 e. The van der Waals surface area contributed by atoms with Gasteiger partial charge >= 0.3 is 0 Å². The van der Waals surface area contributed by atoms with E-state index in [2.05, 4.69) is 10.4 Å². The summed E-state index contributed by atoms with van der Waals surface area (Å²) >= 11 is 0.